The molecule has 0 aliphatic heterocycles. The Morgan fingerprint density at radius 2 is 1.69 bits per heavy atom. The molecule has 0 aliphatic carbocycles. The maximum absolute atomic E-state index is 10.7. The topological polar surface area (TPSA) is 37.3 Å². The highest BCUT2D eigenvalue weighted by molar-refractivity contribution is 6.22. The number of benzene rings is 1. The lowest BCUT2D eigenvalue weighted by molar-refractivity contribution is -0.137. The van der Waals surface area contributed by atoms with Gasteiger partial charge in [0.15, 0.2) is 0 Å². The SMILES string of the molecule is Cc1cc(C)c(C)c(C(Cl)CC(=O)O)c1C. The Morgan fingerprint density at radius 3 is 2.06 bits per heavy atom. The number of hydrogen-bond donors (Lipinski definition) is 1. The highest BCUT2D eigenvalue weighted by Gasteiger charge is 2.18. The molecule has 0 spiro atoms. The largest absolute Gasteiger partial charge is 0.481 e. The summed E-state index contributed by atoms with van der Waals surface area (Å²) in [5, 5.41) is 8.33. The maximum Gasteiger partial charge on any atom is 0.305 e. The lowest BCUT2D eigenvalue weighted by Crippen LogP contribution is -2.06. The number of carboxylic acids is 1. The van der Waals surface area contributed by atoms with Crippen LogP contribution in [-0.4, -0.2) is 11.1 Å². The van der Waals surface area contributed by atoms with E-state index in [1.165, 1.54) is 0 Å². The summed E-state index contributed by atoms with van der Waals surface area (Å²) >= 11 is 6.17. The molecule has 0 fully saturated rings. The van der Waals surface area contributed by atoms with E-state index < -0.39 is 11.3 Å². The van der Waals surface area contributed by atoms with E-state index >= 15 is 0 Å². The fourth-order valence-corrected chi connectivity index (χ4v) is 2.43. The summed E-state index contributed by atoms with van der Waals surface area (Å²) in [6, 6.07) is 2.11. The van der Waals surface area contributed by atoms with Gasteiger partial charge in [0, 0.05) is 0 Å². The summed E-state index contributed by atoms with van der Waals surface area (Å²) in [7, 11) is 0. The molecule has 0 bridgehead atoms. The van der Waals surface area contributed by atoms with E-state index in [2.05, 4.69) is 6.07 Å². The molecule has 16 heavy (non-hydrogen) atoms. The van der Waals surface area contributed by atoms with Gasteiger partial charge in [0.1, 0.15) is 0 Å². The van der Waals surface area contributed by atoms with Crippen molar-refractivity contribution in [2.75, 3.05) is 0 Å². The lowest BCUT2D eigenvalue weighted by atomic mass is 9.91. The molecule has 0 aliphatic rings. The zero-order chi connectivity index (χ0) is 12.5. The van der Waals surface area contributed by atoms with Crippen molar-refractivity contribution in [3.8, 4) is 0 Å². The second-order valence-electron chi connectivity index (χ2n) is 4.24. The van der Waals surface area contributed by atoms with Crippen LogP contribution in [0.5, 0.6) is 0 Å². The molecule has 1 atom stereocenters. The number of aryl methyl sites for hydroxylation is 2. The van der Waals surface area contributed by atoms with Gasteiger partial charge in [0.25, 0.3) is 0 Å². The average Bonchev–Trinajstić information content (AvgIpc) is 2.14. The van der Waals surface area contributed by atoms with Crippen LogP contribution in [0.1, 0.15) is 39.6 Å². The van der Waals surface area contributed by atoms with E-state index in [1.807, 2.05) is 27.7 Å². The van der Waals surface area contributed by atoms with Gasteiger partial charge < -0.3 is 5.11 Å². The van der Waals surface area contributed by atoms with Gasteiger partial charge in [-0.15, -0.1) is 11.6 Å². The van der Waals surface area contributed by atoms with Crippen molar-refractivity contribution >= 4 is 17.6 Å². The first-order chi connectivity index (χ1) is 7.34. The van der Waals surface area contributed by atoms with E-state index in [-0.39, 0.29) is 6.42 Å². The van der Waals surface area contributed by atoms with Crippen LogP contribution in [0.25, 0.3) is 0 Å². The Labute approximate surface area is 101 Å². The predicted octanol–water partition coefficient (Wildman–Crippen LogP) is 3.67. The molecule has 0 saturated carbocycles. The summed E-state index contributed by atoms with van der Waals surface area (Å²) in [6.45, 7) is 8.04. The number of aliphatic carboxylic acids is 1. The average molecular weight is 241 g/mol. The second-order valence-corrected chi connectivity index (χ2v) is 4.77. The first kappa shape index (κ1) is 13.0. The summed E-state index contributed by atoms with van der Waals surface area (Å²) in [5.41, 5.74) is 5.50. The smallest absolute Gasteiger partial charge is 0.305 e. The minimum atomic E-state index is -0.863. The number of alkyl halides is 1. The van der Waals surface area contributed by atoms with Crippen LogP contribution >= 0.6 is 11.6 Å². The lowest BCUT2D eigenvalue weighted by Gasteiger charge is -2.18. The van der Waals surface area contributed by atoms with Gasteiger partial charge in [-0.3, -0.25) is 4.79 Å². The molecule has 0 radical (unpaired) electrons. The molecular formula is C13H17ClO2. The van der Waals surface area contributed by atoms with Gasteiger partial charge in [0.2, 0.25) is 0 Å². The van der Waals surface area contributed by atoms with Crippen molar-refractivity contribution in [2.45, 2.75) is 39.5 Å². The molecular weight excluding hydrogens is 224 g/mol. The maximum atomic E-state index is 10.7. The summed E-state index contributed by atoms with van der Waals surface area (Å²) in [4.78, 5) is 10.7. The normalized spacial score (nSPS) is 12.6. The third kappa shape index (κ3) is 2.56. The number of rotatable bonds is 3. The minimum Gasteiger partial charge on any atom is -0.481 e. The Hall–Kier alpha value is -1.02. The van der Waals surface area contributed by atoms with Crippen molar-refractivity contribution in [3.63, 3.8) is 0 Å². The van der Waals surface area contributed by atoms with Crippen molar-refractivity contribution in [2.24, 2.45) is 0 Å². The zero-order valence-corrected chi connectivity index (χ0v) is 10.9. The monoisotopic (exact) mass is 240 g/mol. The summed E-state index contributed by atoms with van der Waals surface area (Å²) < 4.78 is 0. The van der Waals surface area contributed by atoms with Gasteiger partial charge in [-0.25, -0.2) is 0 Å². The molecule has 1 aromatic rings. The van der Waals surface area contributed by atoms with Crippen LogP contribution in [0, 0.1) is 27.7 Å². The van der Waals surface area contributed by atoms with Gasteiger partial charge in [-0.1, -0.05) is 6.07 Å². The summed E-state index contributed by atoms with van der Waals surface area (Å²) in [6.07, 6.45) is -0.0356. The molecule has 1 rings (SSSR count). The quantitative estimate of drug-likeness (QED) is 0.819. The van der Waals surface area contributed by atoms with Crippen molar-refractivity contribution in [1.29, 1.82) is 0 Å². The Morgan fingerprint density at radius 1 is 1.25 bits per heavy atom. The van der Waals surface area contributed by atoms with Gasteiger partial charge in [-0.05, 0) is 55.5 Å². The Kier molecular flexibility index (Phi) is 3.98. The molecule has 0 aromatic heterocycles. The Bertz CT molecular complexity index is 398. The number of hydrogen-bond acceptors (Lipinski definition) is 1. The second kappa shape index (κ2) is 4.88. The standard InChI is InChI=1S/C13H17ClO2/c1-7-5-8(2)10(4)13(9(7)3)11(14)6-12(15)16/h5,11H,6H2,1-4H3,(H,15,16). The van der Waals surface area contributed by atoms with Crippen LogP contribution in [0.2, 0.25) is 0 Å². The molecule has 88 valence electrons. The van der Waals surface area contributed by atoms with E-state index in [9.17, 15) is 4.79 Å². The first-order valence-corrected chi connectivity index (χ1v) is 5.71. The van der Waals surface area contributed by atoms with Crippen LogP contribution in [-0.2, 0) is 4.79 Å². The van der Waals surface area contributed by atoms with E-state index in [0.717, 1.165) is 27.8 Å². The molecule has 0 amide bonds. The van der Waals surface area contributed by atoms with Crippen LogP contribution in [0.15, 0.2) is 6.07 Å². The minimum absolute atomic E-state index is 0.0356. The van der Waals surface area contributed by atoms with Gasteiger partial charge in [-0.2, -0.15) is 0 Å². The molecule has 2 nitrogen and oxygen atoms in total. The van der Waals surface area contributed by atoms with Crippen LogP contribution in [0.4, 0.5) is 0 Å². The van der Waals surface area contributed by atoms with Crippen LogP contribution in [0.3, 0.4) is 0 Å². The van der Waals surface area contributed by atoms with E-state index in [4.69, 9.17) is 16.7 Å². The van der Waals surface area contributed by atoms with Crippen molar-refractivity contribution in [3.05, 3.63) is 33.9 Å². The molecule has 1 unspecified atom stereocenters. The van der Waals surface area contributed by atoms with Crippen molar-refractivity contribution in [1.82, 2.24) is 0 Å². The van der Waals surface area contributed by atoms with E-state index in [1.54, 1.807) is 0 Å². The third-order valence-electron chi connectivity index (χ3n) is 3.09. The van der Waals surface area contributed by atoms with Gasteiger partial charge in [0.05, 0.1) is 11.8 Å². The summed E-state index contributed by atoms with van der Waals surface area (Å²) in [5.74, 6) is -0.863. The fourth-order valence-electron chi connectivity index (χ4n) is 1.97. The molecule has 0 heterocycles. The number of carbonyl (C=O) groups is 1. The third-order valence-corrected chi connectivity index (χ3v) is 3.46. The highest BCUT2D eigenvalue weighted by Crippen LogP contribution is 2.33. The zero-order valence-electron chi connectivity index (χ0n) is 10.1. The molecule has 0 saturated heterocycles. The molecule has 1 N–H and O–H groups in total. The first-order valence-electron chi connectivity index (χ1n) is 5.27. The number of carboxylic acid groups (broad SMARTS) is 1. The van der Waals surface area contributed by atoms with Gasteiger partial charge >= 0.3 is 5.97 Å². The number of halogens is 1. The van der Waals surface area contributed by atoms with E-state index in [0.29, 0.717) is 0 Å². The molecule has 3 heteroatoms. The predicted molar refractivity (Wildman–Crippen MR) is 66.2 cm³/mol. The molecule has 1 aromatic carbocycles. The van der Waals surface area contributed by atoms with Crippen LogP contribution < -0.4 is 0 Å². The highest BCUT2D eigenvalue weighted by atomic mass is 35.5. The van der Waals surface area contributed by atoms with Crippen molar-refractivity contribution < 1.29 is 9.90 Å². The Balaban J connectivity index is 3.26. The fraction of sp³-hybridized carbons (Fsp3) is 0.462.